The van der Waals surface area contributed by atoms with Crippen molar-refractivity contribution in [1.82, 2.24) is 89.3 Å². The molecule has 0 radical (unpaired) electrons. The predicted molar refractivity (Wildman–Crippen MR) is 428 cm³/mol. The number of amides is 3. The van der Waals surface area contributed by atoms with Crippen LogP contribution in [0.5, 0.6) is 5.75 Å². The largest absolute Gasteiger partial charge is 0.492 e. The second kappa shape index (κ2) is 38.9. The van der Waals surface area contributed by atoms with E-state index in [1.807, 2.05) is 221 Å². The molecule has 0 aliphatic heterocycles. The van der Waals surface area contributed by atoms with Crippen molar-refractivity contribution < 1.29 is 23.9 Å². The first kappa shape index (κ1) is 76.4. The van der Waals surface area contributed by atoms with E-state index in [1.54, 1.807) is 55.8 Å². The maximum Gasteiger partial charge on any atom is 0.230 e. The highest BCUT2D eigenvalue weighted by Crippen LogP contribution is 2.35. The van der Waals surface area contributed by atoms with Crippen LogP contribution in [0.2, 0.25) is 0 Å². The molecule has 6 N–H and O–H groups in total. The van der Waals surface area contributed by atoms with Gasteiger partial charge in [-0.15, -0.1) is 40.8 Å². The Morgan fingerprint density at radius 2 is 0.908 bits per heavy atom. The smallest absolute Gasteiger partial charge is 0.230 e. The van der Waals surface area contributed by atoms with Gasteiger partial charge in [-0.1, -0.05) is 172 Å². The molecule has 0 spiro atoms. The zero-order valence-corrected chi connectivity index (χ0v) is 63.3. The third-order valence-corrected chi connectivity index (χ3v) is 20.2. The summed E-state index contributed by atoms with van der Waals surface area (Å²) in [6, 6.07) is 68.4. The molecule has 25 nitrogen and oxygen atoms in total. The van der Waals surface area contributed by atoms with Crippen LogP contribution >= 0.6 is 63.0 Å². The van der Waals surface area contributed by atoms with E-state index in [2.05, 4.69) is 104 Å². The van der Waals surface area contributed by atoms with Crippen molar-refractivity contribution in [1.29, 1.82) is 0 Å². The summed E-state index contributed by atoms with van der Waals surface area (Å²) >= 11 is 8.74. The fourth-order valence-corrected chi connectivity index (χ4v) is 14.1. The number of hydrogen-bond acceptors (Lipinski definition) is 21. The number of aromatic nitrogens is 17. The highest BCUT2D eigenvalue weighted by atomic mass is 79.9. The van der Waals surface area contributed by atoms with E-state index in [0.717, 1.165) is 84.2 Å². The number of primary amides is 2. The van der Waals surface area contributed by atoms with Crippen LogP contribution < -0.4 is 21.5 Å². The molecule has 9 aromatic heterocycles. The number of rotatable bonds is 27. The van der Waals surface area contributed by atoms with Gasteiger partial charge in [-0.2, -0.15) is 0 Å². The molecule has 109 heavy (non-hydrogen) atoms. The Balaban J connectivity index is 0.000000137. The van der Waals surface area contributed by atoms with Crippen LogP contribution in [-0.4, -0.2) is 137 Å². The summed E-state index contributed by atoms with van der Waals surface area (Å²) in [5.74, 6) is 3.43. The molecule has 9 heterocycles. The SMILES string of the molecule is CCOc1ccccc1-n1c(SCC(N)=O)nnc1-c1cccnc1.NC(=O)CSc1nnc(-c2cccnc2)n1-c1ccccc1.O=C(CSc1nnc(-c2cccnc2)n1-c1ccc(Br)cc1)c1c[nH]c2ccccc12.O=C(CSc1nnc(-c2cccnc2)n1CCc1ccccc1)NCc1ccccc1. The summed E-state index contributed by atoms with van der Waals surface area (Å²) in [5, 5.41) is 40.9. The topological polar surface area (TPSA) is 332 Å². The Morgan fingerprint density at radius 1 is 0.459 bits per heavy atom. The minimum absolute atomic E-state index is 0.0330. The Labute approximate surface area is 651 Å². The average molecular weight is 1590 g/mol. The molecule has 0 bridgehead atoms. The van der Waals surface area contributed by atoms with Gasteiger partial charge in [0.25, 0.3) is 0 Å². The molecule has 0 aliphatic carbocycles. The summed E-state index contributed by atoms with van der Waals surface area (Å²) < 4.78 is 14.5. The van der Waals surface area contributed by atoms with Crippen molar-refractivity contribution >= 4 is 97.4 Å². The second-order valence-corrected chi connectivity index (χ2v) is 28.0. The molecule has 15 rings (SSSR count). The van der Waals surface area contributed by atoms with Crippen molar-refractivity contribution in [3.8, 4) is 68.4 Å². The summed E-state index contributed by atoms with van der Waals surface area (Å²) in [7, 11) is 0. The van der Waals surface area contributed by atoms with E-state index in [9.17, 15) is 19.2 Å². The Hall–Kier alpha value is -12.2. The molecule has 0 fully saturated rings. The van der Waals surface area contributed by atoms with Crippen LogP contribution in [0.4, 0.5) is 0 Å². The van der Waals surface area contributed by atoms with Crippen molar-refractivity contribution in [3.05, 3.63) is 289 Å². The number of nitrogens with zero attached hydrogens (tertiary/aromatic N) is 16. The summed E-state index contributed by atoms with van der Waals surface area (Å²) in [6.07, 6.45) is 16.5. The van der Waals surface area contributed by atoms with Crippen molar-refractivity contribution in [3.63, 3.8) is 0 Å². The van der Waals surface area contributed by atoms with Gasteiger partial charge in [0.2, 0.25) is 17.7 Å². The Bertz CT molecular complexity index is 5440. The van der Waals surface area contributed by atoms with Crippen LogP contribution in [0.1, 0.15) is 28.4 Å². The normalized spacial score (nSPS) is 10.8. The van der Waals surface area contributed by atoms with Gasteiger partial charge in [-0.3, -0.25) is 52.8 Å². The molecule has 3 amide bonds. The van der Waals surface area contributed by atoms with E-state index in [0.29, 0.717) is 57.4 Å². The maximum atomic E-state index is 12.9. The lowest BCUT2D eigenvalue weighted by Crippen LogP contribution is -2.24. The van der Waals surface area contributed by atoms with E-state index >= 15 is 0 Å². The molecule has 0 unspecified atom stereocenters. The molecular weight excluding hydrogens is 1520 g/mol. The highest BCUT2D eigenvalue weighted by molar-refractivity contribution is 9.10. The Kier molecular flexibility index (Phi) is 27.3. The number of aromatic amines is 1. The van der Waals surface area contributed by atoms with Crippen LogP contribution in [0.25, 0.3) is 73.5 Å². The third-order valence-electron chi connectivity index (χ3n) is 15.8. The number of para-hydroxylation sites is 4. The number of nitrogens with one attached hydrogen (secondary N) is 2. The van der Waals surface area contributed by atoms with Crippen molar-refractivity contribution in [2.24, 2.45) is 11.5 Å². The van der Waals surface area contributed by atoms with Crippen LogP contribution in [-0.2, 0) is 33.9 Å². The van der Waals surface area contributed by atoms with Gasteiger partial charge >= 0.3 is 0 Å². The molecule has 30 heteroatoms. The molecule has 546 valence electrons. The first-order valence-corrected chi connectivity index (χ1v) is 38.7. The van der Waals surface area contributed by atoms with Gasteiger partial charge in [-0.05, 0) is 128 Å². The van der Waals surface area contributed by atoms with E-state index in [-0.39, 0.29) is 34.7 Å². The first-order valence-electron chi connectivity index (χ1n) is 33.9. The summed E-state index contributed by atoms with van der Waals surface area (Å²) in [6.45, 7) is 3.69. The number of ether oxygens (including phenoxy) is 1. The quantitative estimate of drug-likeness (QED) is 0.0274. The number of pyridine rings is 4. The number of Topliss-reactive ketones (excluding diaryl/α,β-unsaturated/α-hetero) is 1. The number of aryl methyl sites for hydroxylation is 1. The van der Waals surface area contributed by atoms with Crippen molar-refractivity contribution in [2.45, 2.75) is 47.1 Å². The molecule has 0 aliphatic rings. The molecule has 0 atom stereocenters. The lowest BCUT2D eigenvalue weighted by atomic mass is 10.1. The fourth-order valence-electron chi connectivity index (χ4n) is 10.9. The van der Waals surface area contributed by atoms with E-state index in [4.69, 9.17) is 16.2 Å². The van der Waals surface area contributed by atoms with Crippen molar-refractivity contribution in [2.75, 3.05) is 29.6 Å². The third kappa shape index (κ3) is 20.7. The second-order valence-electron chi connectivity index (χ2n) is 23.3. The number of fused-ring (bicyclic) bond motifs is 1. The predicted octanol–water partition coefficient (Wildman–Crippen LogP) is 13.8. The summed E-state index contributed by atoms with van der Waals surface area (Å²) in [5.41, 5.74) is 20.5. The molecule has 0 saturated heterocycles. The highest BCUT2D eigenvalue weighted by Gasteiger charge is 2.23. The first-order chi connectivity index (χ1) is 53.5. The number of carbonyl (C=O) groups excluding carboxylic acids is 4. The monoisotopic (exact) mass is 1580 g/mol. The number of halogens is 1. The van der Waals surface area contributed by atoms with Gasteiger partial charge in [-0.25, -0.2) is 0 Å². The maximum absolute atomic E-state index is 12.9. The molecule has 15 aromatic rings. The lowest BCUT2D eigenvalue weighted by molar-refractivity contribution is -0.119. The van der Waals surface area contributed by atoms with Crippen LogP contribution in [0.15, 0.2) is 293 Å². The van der Waals surface area contributed by atoms with Gasteiger partial charge < -0.3 is 31.1 Å². The average Bonchev–Trinajstić information content (AvgIpc) is 1.70. The number of nitrogens with two attached hydrogens (primary N) is 2. The molecular formula is C79H69BrN20O5S4. The Morgan fingerprint density at radius 3 is 1.45 bits per heavy atom. The number of H-pyrrole nitrogens is 1. The molecule has 0 saturated carbocycles. The van der Waals surface area contributed by atoms with Gasteiger partial charge in [0, 0.05) is 123 Å². The minimum atomic E-state index is -0.416. The number of thioether (sulfide) groups is 4. The van der Waals surface area contributed by atoms with E-state index in [1.165, 1.54) is 52.6 Å². The van der Waals surface area contributed by atoms with Gasteiger partial charge in [0.1, 0.15) is 5.75 Å². The number of hydrogen-bond donors (Lipinski definition) is 4. The minimum Gasteiger partial charge on any atom is -0.492 e. The van der Waals surface area contributed by atoms with Gasteiger partial charge in [0.05, 0.1) is 35.3 Å². The lowest BCUT2D eigenvalue weighted by Gasteiger charge is -2.14. The van der Waals surface area contributed by atoms with E-state index < -0.39 is 11.8 Å². The number of ketones is 1. The zero-order chi connectivity index (χ0) is 75.5. The fraction of sp³-hybridized carbons (Fsp3) is 0.114. The standard InChI is InChI=1S/C24H23N5OS.C23H16BrN5OS.C17H17N5O2S.C15H13N5OS/c30-22(26-16-20-10-5-2-6-11-20)18-31-24-28-27-23(21-12-7-14-25-17-21)29(24)15-13-19-8-3-1-4-9-19;24-16-7-9-17(10-8-16)29-22(15-4-3-11-25-12-15)27-28-23(29)31-14-21(30)19-13-26-20-6-2-1-5-18(19)20;1-2-24-14-8-4-3-7-13(14)22-16(12-6-5-9-19-10-12)20-21-17(22)25-11-15(18)23;16-13(21)10-22-15-19-18-14(11-5-4-8-17-9-11)20(15)12-6-2-1-3-7-12/h1-12,14,17H,13,15-16,18H2,(H,26,30);1-13,26H,14H2;3-10H,2,11H2,1H3,(H2,18,23);1-9H,10H2,(H2,16,21). The van der Waals surface area contributed by atoms with Gasteiger partial charge in [0.15, 0.2) is 49.7 Å². The molecule has 6 aromatic carbocycles. The van der Waals surface area contributed by atoms with Crippen LogP contribution in [0, 0.1) is 0 Å². The number of benzene rings is 6. The summed E-state index contributed by atoms with van der Waals surface area (Å²) in [4.78, 5) is 67.3. The van der Waals surface area contributed by atoms with Crippen LogP contribution in [0.3, 0.4) is 0 Å². The zero-order valence-electron chi connectivity index (χ0n) is 58.4. The number of carbonyl (C=O) groups is 4.